The van der Waals surface area contributed by atoms with Crippen LogP contribution in [0.15, 0.2) is 30.3 Å². The highest BCUT2D eigenvalue weighted by molar-refractivity contribution is 6.44. The highest BCUT2D eigenvalue weighted by Crippen LogP contribution is 2.21. The Kier molecular flexibility index (Phi) is 4.93. The van der Waals surface area contributed by atoms with Crippen molar-refractivity contribution in [1.29, 1.82) is 0 Å². The van der Waals surface area contributed by atoms with Gasteiger partial charge in [0.25, 0.3) is 0 Å². The van der Waals surface area contributed by atoms with Gasteiger partial charge in [-0.2, -0.15) is 0 Å². The van der Waals surface area contributed by atoms with Crippen LogP contribution in [0.5, 0.6) is 0 Å². The van der Waals surface area contributed by atoms with E-state index in [2.05, 4.69) is 12.1 Å². The largest absolute Gasteiger partial charge is 0.126 e. The molecular formula is C10H11Cl3. The second-order valence-electron chi connectivity index (χ2n) is 2.94. The lowest BCUT2D eigenvalue weighted by atomic mass is 10.0. The van der Waals surface area contributed by atoms with Gasteiger partial charge in [-0.1, -0.05) is 30.3 Å². The zero-order chi connectivity index (χ0) is 9.68. The van der Waals surface area contributed by atoms with Crippen molar-refractivity contribution in [2.45, 2.75) is 11.3 Å². The minimum atomic E-state index is -0.391. The SMILES string of the molecule is ClCC(Cc1ccccc1)C(Cl)Cl. The average molecular weight is 238 g/mol. The molecule has 0 bridgehead atoms. The van der Waals surface area contributed by atoms with E-state index in [-0.39, 0.29) is 5.92 Å². The number of hydrogen-bond acceptors (Lipinski definition) is 0. The Bertz CT molecular complexity index is 233. The van der Waals surface area contributed by atoms with E-state index in [4.69, 9.17) is 34.8 Å². The molecule has 0 amide bonds. The topological polar surface area (TPSA) is 0 Å². The van der Waals surface area contributed by atoms with E-state index in [1.165, 1.54) is 5.56 Å². The van der Waals surface area contributed by atoms with Gasteiger partial charge >= 0.3 is 0 Å². The summed E-state index contributed by atoms with van der Waals surface area (Å²) in [5, 5.41) is 0. The van der Waals surface area contributed by atoms with Crippen LogP contribution in [-0.4, -0.2) is 10.7 Å². The summed E-state index contributed by atoms with van der Waals surface area (Å²) < 4.78 is 0. The number of rotatable bonds is 4. The Hall–Kier alpha value is 0.0900. The summed E-state index contributed by atoms with van der Waals surface area (Å²) in [6.07, 6.45) is 0.835. The molecule has 0 N–H and O–H groups in total. The van der Waals surface area contributed by atoms with Crippen molar-refractivity contribution in [2.24, 2.45) is 5.92 Å². The maximum Gasteiger partial charge on any atom is 0.112 e. The van der Waals surface area contributed by atoms with E-state index < -0.39 is 4.84 Å². The van der Waals surface area contributed by atoms with Crippen molar-refractivity contribution in [3.05, 3.63) is 35.9 Å². The van der Waals surface area contributed by atoms with Crippen LogP contribution in [0.25, 0.3) is 0 Å². The van der Waals surface area contributed by atoms with Crippen LogP contribution in [0.4, 0.5) is 0 Å². The maximum absolute atomic E-state index is 5.77. The second kappa shape index (κ2) is 5.74. The zero-order valence-electron chi connectivity index (χ0n) is 7.09. The van der Waals surface area contributed by atoms with Crippen molar-refractivity contribution >= 4 is 34.8 Å². The molecule has 0 fully saturated rings. The van der Waals surface area contributed by atoms with Crippen molar-refractivity contribution in [2.75, 3.05) is 5.88 Å². The smallest absolute Gasteiger partial charge is 0.112 e. The molecule has 1 aromatic carbocycles. The lowest BCUT2D eigenvalue weighted by molar-refractivity contribution is 0.632. The average Bonchev–Trinajstić information content (AvgIpc) is 2.15. The number of halogens is 3. The van der Waals surface area contributed by atoms with Gasteiger partial charge in [0.15, 0.2) is 0 Å². The second-order valence-corrected chi connectivity index (χ2v) is 4.41. The van der Waals surface area contributed by atoms with E-state index in [0.717, 1.165) is 6.42 Å². The van der Waals surface area contributed by atoms with Gasteiger partial charge in [-0.3, -0.25) is 0 Å². The lowest BCUT2D eigenvalue weighted by Gasteiger charge is -2.14. The van der Waals surface area contributed by atoms with Gasteiger partial charge in [0, 0.05) is 11.8 Å². The third-order valence-corrected chi connectivity index (χ3v) is 3.00. The fourth-order valence-corrected chi connectivity index (χ4v) is 1.95. The summed E-state index contributed by atoms with van der Waals surface area (Å²) in [4.78, 5) is -0.391. The molecule has 0 aromatic heterocycles. The fourth-order valence-electron chi connectivity index (χ4n) is 1.13. The summed E-state index contributed by atoms with van der Waals surface area (Å²) in [5.74, 6) is 0.624. The molecule has 1 rings (SSSR count). The van der Waals surface area contributed by atoms with Gasteiger partial charge in [-0.25, -0.2) is 0 Å². The fraction of sp³-hybridized carbons (Fsp3) is 0.400. The van der Waals surface area contributed by atoms with E-state index in [1.807, 2.05) is 18.2 Å². The monoisotopic (exact) mass is 236 g/mol. The van der Waals surface area contributed by atoms with Gasteiger partial charge in [0.1, 0.15) is 4.84 Å². The van der Waals surface area contributed by atoms with Crippen LogP contribution in [0.2, 0.25) is 0 Å². The Morgan fingerprint density at radius 3 is 2.15 bits per heavy atom. The molecule has 1 aromatic rings. The Morgan fingerprint density at radius 1 is 1.08 bits per heavy atom. The predicted octanol–water partition coefficient (Wildman–Crippen LogP) is 3.89. The Morgan fingerprint density at radius 2 is 1.69 bits per heavy atom. The molecule has 3 heteroatoms. The summed E-state index contributed by atoms with van der Waals surface area (Å²) in [7, 11) is 0. The zero-order valence-corrected chi connectivity index (χ0v) is 9.36. The first-order valence-corrected chi connectivity index (χ1v) is 5.53. The number of hydrogen-bond donors (Lipinski definition) is 0. The summed E-state index contributed by atoms with van der Waals surface area (Å²) >= 11 is 17.3. The standard InChI is InChI=1S/C10H11Cl3/c11-7-9(10(12)13)6-8-4-2-1-3-5-8/h1-5,9-10H,6-7H2. The van der Waals surface area contributed by atoms with Crippen LogP contribution in [-0.2, 0) is 6.42 Å². The van der Waals surface area contributed by atoms with Crippen molar-refractivity contribution in [3.8, 4) is 0 Å². The summed E-state index contributed by atoms with van der Waals surface area (Å²) in [6, 6.07) is 10.1. The van der Waals surface area contributed by atoms with Crippen molar-refractivity contribution in [1.82, 2.24) is 0 Å². The van der Waals surface area contributed by atoms with Crippen LogP contribution in [0, 0.1) is 5.92 Å². The molecule has 0 nitrogen and oxygen atoms in total. The third-order valence-electron chi connectivity index (χ3n) is 1.90. The van der Waals surface area contributed by atoms with Gasteiger partial charge < -0.3 is 0 Å². The van der Waals surface area contributed by atoms with Crippen LogP contribution in [0.3, 0.4) is 0 Å². The lowest BCUT2D eigenvalue weighted by Crippen LogP contribution is -2.14. The van der Waals surface area contributed by atoms with Crippen molar-refractivity contribution in [3.63, 3.8) is 0 Å². The van der Waals surface area contributed by atoms with Gasteiger partial charge in [-0.15, -0.1) is 34.8 Å². The molecule has 0 spiro atoms. The first-order chi connectivity index (χ1) is 6.24. The molecule has 0 aliphatic rings. The van der Waals surface area contributed by atoms with Gasteiger partial charge in [-0.05, 0) is 12.0 Å². The predicted molar refractivity (Wildman–Crippen MR) is 59.9 cm³/mol. The van der Waals surface area contributed by atoms with Gasteiger partial charge in [0.2, 0.25) is 0 Å². The third kappa shape index (κ3) is 3.76. The minimum Gasteiger partial charge on any atom is -0.126 e. The molecule has 0 saturated heterocycles. The van der Waals surface area contributed by atoms with E-state index in [0.29, 0.717) is 5.88 Å². The molecule has 1 unspecified atom stereocenters. The molecular weight excluding hydrogens is 226 g/mol. The summed E-state index contributed by atoms with van der Waals surface area (Å²) in [5.41, 5.74) is 1.22. The first kappa shape index (κ1) is 11.2. The first-order valence-electron chi connectivity index (χ1n) is 4.12. The maximum atomic E-state index is 5.77. The molecule has 0 radical (unpaired) electrons. The molecule has 13 heavy (non-hydrogen) atoms. The van der Waals surface area contributed by atoms with Gasteiger partial charge in [0.05, 0.1) is 0 Å². The van der Waals surface area contributed by atoms with Crippen molar-refractivity contribution < 1.29 is 0 Å². The van der Waals surface area contributed by atoms with E-state index in [9.17, 15) is 0 Å². The minimum absolute atomic E-state index is 0.132. The molecule has 0 aliphatic heterocycles. The Balaban J connectivity index is 2.57. The number of alkyl halides is 3. The normalized spacial score (nSPS) is 13.2. The Labute approximate surface area is 93.8 Å². The van der Waals surface area contributed by atoms with E-state index in [1.54, 1.807) is 0 Å². The van der Waals surface area contributed by atoms with Crippen LogP contribution >= 0.6 is 34.8 Å². The van der Waals surface area contributed by atoms with Crippen LogP contribution in [0.1, 0.15) is 5.56 Å². The highest BCUT2D eigenvalue weighted by Gasteiger charge is 2.15. The molecule has 0 aliphatic carbocycles. The van der Waals surface area contributed by atoms with Crippen LogP contribution < -0.4 is 0 Å². The molecule has 1 atom stereocenters. The molecule has 0 saturated carbocycles. The number of benzene rings is 1. The molecule has 0 heterocycles. The van der Waals surface area contributed by atoms with E-state index >= 15 is 0 Å². The summed E-state index contributed by atoms with van der Waals surface area (Å²) in [6.45, 7) is 0. The quantitative estimate of drug-likeness (QED) is 0.697. The molecule has 72 valence electrons. The highest BCUT2D eigenvalue weighted by atomic mass is 35.5.